The van der Waals surface area contributed by atoms with Crippen molar-refractivity contribution in [3.05, 3.63) is 96.1 Å². The summed E-state index contributed by atoms with van der Waals surface area (Å²) in [6.45, 7) is 5.15. The van der Waals surface area contributed by atoms with Gasteiger partial charge in [0.05, 0.1) is 0 Å². The molecule has 1 unspecified atom stereocenters. The van der Waals surface area contributed by atoms with E-state index in [2.05, 4.69) is 5.32 Å². The number of alkyl carbamates (subject to hydrolysis) is 1. The Labute approximate surface area is 205 Å². The highest BCUT2D eigenvalue weighted by atomic mass is 32.2. The second-order valence-corrected chi connectivity index (χ2v) is 10.1. The highest BCUT2D eigenvalue weighted by Crippen LogP contribution is 2.24. The standard InChI is InChI=1S/C26H27NO7S/c1-26(2,3)33-24(28)23(27-25(29)32-18-19-10-6-4-7-11-19)20-14-16-21(17-15-20)34-35(30,31)22-12-8-5-9-13-22/h4-17,23H,18H2,1-3H3,(H,27,29). The van der Waals surface area contributed by atoms with Crippen LogP contribution in [0.5, 0.6) is 5.75 Å². The molecular weight excluding hydrogens is 470 g/mol. The van der Waals surface area contributed by atoms with Gasteiger partial charge in [0.1, 0.15) is 22.9 Å². The molecule has 35 heavy (non-hydrogen) atoms. The van der Waals surface area contributed by atoms with Gasteiger partial charge < -0.3 is 19.0 Å². The van der Waals surface area contributed by atoms with E-state index in [9.17, 15) is 18.0 Å². The lowest BCUT2D eigenvalue weighted by molar-refractivity contribution is -0.157. The fraction of sp³-hybridized carbons (Fsp3) is 0.231. The van der Waals surface area contributed by atoms with Gasteiger partial charge in [0, 0.05) is 0 Å². The highest BCUT2D eigenvalue weighted by molar-refractivity contribution is 7.87. The van der Waals surface area contributed by atoms with Crippen molar-refractivity contribution in [2.45, 2.75) is 43.9 Å². The molecule has 1 amide bonds. The third kappa shape index (κ3) is 7.86. The minimum Gasteiger partial charge on any atom is -0.458 e. The number of ether oxygens (including phenoxy) is 2. The smallest absolute Gasteiger partial charge is 0.408 e. The van der Waals surface area contributed by atoms with E-state index >= 15 is 0 Å². The Hall–Kier alpha value is -3.85. The van der Waals surface area contributed by atoms with Gasteiger partial charge in [0.2, 0.25) is 0 Å². The Balaban J connectivity index is 1.75. The van der Waals surface area contributed by atoms with Crippen LogP contribution in [0, 0.1) is 0 Å². The zero-order valence-electron chi connectivity index (χ0n) is 19.6. The van der Waals surface area contributed by atoms with Gasteiger partial charge in [0.25, 0.3) is 0 Å². The van der Waals surface area contributed by atoms with Gasteiger partial charge in [-0.1, -0.05) is 60.7 Å². The monoisotopic (exact) mass is 497 g/mol. The maximum atomic E-state index is 12.8. The highest BCUT2D eigenvalue weighted by Gasteiger charge is 2.29. The summed E-state index contributed by atoms with van der Waals surface area (Å²) in [5.74, 6) is -0.646. The summed E-state index contributed by atoms with van der Waals surface area (Å²) in [6.07, 6.45) is -0.809. The first-order chi connectivity index (χ1) is 16.5. The summed E-state index contributed by atoms with van der Waals surface area (Å²) in [6, 6.07) is 21.4. The van der Waals surface area contributed by atoms with Gasteiger partial charge in [-0.3, -0.25) is 0 Å². The van der Waals surface area contributed by atoms with Gasteiger partial charge in [-0.25, -0.2) is 9.59 Å². The molecule has 0 radical (unpaired) electrons. The van der Waals surface area contributed by atoms with Crippen LogP contribution in [0.3, 0.4) is 0 Å². The summed E-state index contributed by atoms with van der Waals surface area (Å²) in [7, 11) is -4.02. The minimum absolute atomic E-state index is 0.0125. The number of rotatable bonds is 8. The van der Waals surface area contributed by atoms with Crippen LogP contribution in [0.1, 0.15) is 37.9 Å². The van der Waals surface area contributed by atoms with Crippen molar-refractivity contribution in [3.63, 3.8) is 0 Å². The zero-order valence-corrected chi connectivity index (χ0v) is 20.4. The van der Waals surface area contributed by atoms with Crippen molar-refractivity contribution in [1.29, 1.82) is 0 Å². The number of nitrogens with one attached hydrogen (secondary N) is 1. The zero-order chi connectivity index (χ0) is 25.5. The molecule has 0 aliphatic carbocycles. The lowest BCUT2D eigenvalue weighted by atomic mass is 10.1. The van der Waals surface area contributed by atoms with E-state index in [4.69, 9.17) is 13.7 Å². The van der Waals surface area contributed by atoms with E-state index in [0.717, 1.165) is 5.56 Å². The van der Waals surface area contributed by atoms with Crippen LogP contribution in [0.4, 0.5) is 4.79 Å². The van der Waals surface area contributed by atoms with Crippen LogP contribution >= 0.6 is 0 Å². The van der Waals surface area contributed by atoms with Gasteiger partial charge in [-0.05, 0) is 56.2 Å². The van der Waals surface area contributed by atoms with Crippen molar-refractivity contribution >= 4 is 22.2 Å². The van der Waals surface area contributed by atoms with E-state index < -0.39 is 33.8 Å². The lowest BCUT2D eigenvalue weighted by Gasteiger charge is -2.24. The summed E-state index contributed by atoms with van der Waals surface area (Å²) in [5.41, 5.74) is 0.357. The molecule has 0 heterocycles. The molecule has 0 saturated heterocycles. The van der Waals surface area contributed by atoms with Crippen molar-refractivity contribution in [2.24, 2.45) is 0 Å². The number of amides is 1. The quantitative estimate of drug-likeness (QED) is 0.353. The molecular formula is C26H27NO7S. The second-order valence-electron chi connectivity index (χ2n) is 8.59. The normalized spacial score (nSPS) is 12.3. The van der Waals surface area contributed by atoms with Gasteiger partial charge in [-0.15, -0.1) is 0 Å². The number of carbonyl (C=O) groups excluding carboxylic acids is 2. The van der Waals surface area contributed by atoms with Crippen molar-refractivity contribution in [2.75, 3.05) is 0 Å². The van der Waals surface area contributed by atoms with Gasteiger partial charge >= 0.3 is 22.2 Å². The number of carbonyl (C=O) groups is 2. The Bertz CT molecular complexity index is 1240. The fourth-order valence-corrected chi connectivity index (χ4v) is 3.95. The van der Waals surface area contributed by atoms with E-state index in [1.165, 1.54) is 36.4 Å². The first-order valence-corrected chi connectivity index (χ1v) is 12.2. The Morgan fingerprint density at radius 2 is 1.43 bits per heavy atom. The van der Waals surface area contributed by atoms with E-state index in [1.807, 2.05) is 18.2 Å². The van der Waals surface area contributed by atoms with Gasteiger partial charge in [-0.2, -0.15) is 8.42 Å². The van der Waals surface area contributed by atoms with Crippen molar-refractivity contribution in [3.8, 4) is 5.75 Å². The van der Waals surface area contributed by atoms with Crippen molar-refractivity contribution in [1.82, 2.24) is 5.32 Å². The topological polar surface area (TPSA) is 108 Å². The van der Waals surface area contributed by atoms with Crippen LogP contribution < -0.4 is 9.50 Å². The van der Waals surface area contributed by atoms with Gasteiger partial charge in [0.15, 0.2) is 6.04 Å². The van der Waals surface area contributed by atoms with Crippen LogP contribution in [0.2, 0.25) is 0 Å². The van der Waals surface area contributed by atoms with Crippen LogP contribution in [-0.4, -0.2) is 26.1 Å². The molecule has 3 aromatic rings. The molecule has 3 aromatic carbocycles. The molecule has 8 nitrogen and oxygen atoms in total. The molecule has 0 fully saturated rings. The molecule has 0 aromatic heterocycles. The summed E-state index contributed by atoms with van der Waals surface area (Å²) < 4.78 is 40.8. The SMILES string of the molecule is CC(C)(C)OC(=O)C(NC(=O)OCc1ccccc1)c1ccc(OS(=O)(=O)c2ccccc2)cc1. The summed E-state index contributed by atoms with van der Waals surface area (Å²) in [5, 5.41) is 2.52. The predicted molar refractivity (Wildman–Crippen MR) is 129 cm³/mol. The number of hydrogen-bond donors (Lipinski definition) is 1. The Kier molecular flexibility index (Phi) is 8.14. The van der Waals surface area contributed by atoms with E-state index in [0.29, 0.717) is 5.56 Å². The second kappa shape index (κ2) is 11.1. The average molecular weight is 498 g/mol. The molecule has 0 bridgehead atoms. The molecule has 1 N–H and O–H groups in total. The predicted octanol–water partition coefficient (Wildman–Crippen LogP) is 4.76. The van der Waals surface area contributed by atoms with Crippen LogP contribution in [0.15, 0.2) is 89.8 Å². The molecule has 0 spiro atoms. The van der Waals surface area contributed by atoms with E-state index in [1.54, 1.807) is 51.1 Å². The molecule has 0 aliphatic heterocycles. The summed E-state index contributed by atoms with van der Waals surface area (Å²) in [4.78, 5) is 25.3. The van der Waals surface area contributed by atoms with Crippen LogP contribution in [0.25, 0.3) is 0 Å². The molecule has 0 aliphatic rings. The summed E-state index contributed by atoms with van der Waals surface area (Å²) >= 11 is 0. The number of hydrogen-bond acceptors (Lipinski definition) is 7. The minimum atomic E-state index is -4.02. The number of benzene rings is 3. The average Bonchev–Trinajstić information content (AvgIpc) is 2.82. The van der Waals surface area contributed by atoms with Crippen molar-refractivity contribution < 1.29 is 31.7 Å². The number of esters is 1. The molecule has 0 saturated carbocycles. The molecule has 184 valence electrons. The maximum absolute atomic E-state index is 12.8. The maximum Gasteiger partial charge on any atom is 0.408 e. The third-order valence-corrected chi connectivity index (χ3v) is 5.83. The molecule has 9 heteroatoms. The first kappa shape index (κ1) is 25.8. The van der Waals surface area contributed by atoms with E-state index in [-0.39, 0.29) is 17.3 Å². The fourth-order valence-electron chi connectivity index (χ4n) is 3.00. The third-order valence-electron chi connectivity index (χ3n) is 4.57. The molecule has 3 rings (SSSR count). The largest absolute Gasteiger partial charge is 0.458 e. The molecule has 1 atom stereocenters. The van der Waals surface area contributed by atoms with Crippen LogP contribution in [-0.2, 0) is 31.0 Å². The Morgan fingerprint density at radius 3 is 2.00 bits per heavy atom. The lowest BCUT2D eigenvalue weighted by Crippen LogP contribution is -2.38. The first-order valence-electron chi connectivity index (χ1n) is 10.8. The Morgan fingerprint density at radius 1 is 0.857 bits per heavy atom.